The Kier molecular flexibility index (Phi) is 3.93. The summed E-state index contributed by atoms with van der Waals surface area (Å²) < 4.78 is 13.0. The molecule has 3 aromatic rings. The van der Waals surface area contributed by atoms with Crippen LogP contribution in [0.5, 0.6) is 0 Å². The predicted molar refractivity (Wildman–Crippen MR) is 83.6 cm³/mol. The Morgan fingerprint density at radius 3 is 2.57 bits per heavy atom. The Balaban J connectivity index is 1.96. The third-order valence-electron chi connectivity index (χ3n) is 3.74. The van der Waals surface area contributed by atoms with Crippen molar-refractivity contribution in [2.75, 3.05) is 7.05 Å². The van der Waals surface area contributed by atoms with Gasteiger partial charge in [-0.1, -0.05) is 36.4 Å². The molecule has 106 valence electrons. The van der Waals surface area contributed by atoms with Crippen molar-refractivity contribution in [3.05, 3.63) is 77.9 Å². The highest BCUT2D eigenvalue weighted by Crippen LogP contribution is 2.24. The molecule has 1 atom stereocenters. The molecule has 2 nitrogen and oxygen atoms in total. The molecule has 0 saturated heterocycles. The fourth-order valence-electron chi connectivity index (χ4n) is 2.61. The second-order valence-electron chi connectivity index (χ2n) is 5.09. The molecule has 0 aliphatic rings. The van der Waals surface area contributed by atoms with Crippen molar-refractivity contribution in [3.63, 3.8) is 0 Å². The first kappa shape index (κ1) is 13.7. The molecular formula is C18H17FN2. The summed E-state index contributed by atoms with van der Waals surface area (Å²) in [7, 11) is 1.93. The van der Waals surface area contributed by atoms with Crippen LogP contribution in [0.25, 0.3) is 10.8 Å². The number of aromatic nitrogens is 1. The molecule has 2 aromatic carbocycles. The molecule has 3 rings (SSSR count). The van der Waals surface area contributed by atoms with Crippen molar-refractivity contribution in [2.24, 2.45) is 0 Å². The number of rotatable bonds is 4. The van der Waals surface area contributed by atoms with E-state index in [4.69, 9.17) is 0 Å². The van der Waals surface area contributed by atoms with Crippen molar-refractivity contribution in [3.8, 4) is 0 Å². The number of likely N-dealkylation sites (N-methyl/N-ethyl adjacent to an activating group) is 1. The van der Waals surface area contributed by atoms with Gasteiger partial charge in [0.15, 0.2) is 0 Å². The normalized spacial score (nSPS) is 12.5. The van der Waals surface area contributed by atoms with Gasteiger partial charge in [-0.05, 0) is 42.6 Å². The van der Waals surface area contributed by atoms with Gasteiger partial charge in [0.25, 0.3) is 0 Å². The summed E-state index contributed by atoms with van der Waals surface area (Å²) >= 11 is 0. The average Bonchev–Trinajstić information content (AvgIpc) is 2.54. The van der Waals surface area contributed by atoms with Gasteiger partial charge in [0, 0.05) is 11.6 Å². The van der Waals surface area contributed by atoms with Gasteiger partial charge in [0.1, 0.15) is 5.82 Å². The van der Waals surface area contributed by atoms with Crippen LogP contribution in [0.3, 0.4) is 0 Å². The largest absolute Gasteiger partial charge is 0.311 e. The van der Waals surface area contributed by atoms with Crippen LogP contribution >= 0.6 is 0 Å². The molecule has 1 unspecified atom stereocenters. The van der Waals surface area contributed by atoms with Crippen molar-refractivity contribution in [2.45, 2.75) is 12.5 Å². The number of hydrogen-bond donors (Lipinski definition) is 1. The number of fused-ring (bicyclic) bond motifs is 1. The zero-order chi connectivity index (χ0) is 14.7. The summed E-state index contributed by atoms with van der Waals surface area (Å²) in [6.45, 7) is 0. The lowest BCUT2D eigenvalue weighted by Gasteiger charge is -2.17. The Bertz CT molecular complexity index is 732. The van der Waals surface area contributed by atoms with Crippen molar-refractivity contribution >= 4 is 10.8 Å². The quantitative estimate of drug-likeness (QED) is 0.784. The lowest BCUT2D eigenvalue weighted by Crippen LogP contribution is -2.20. The van der Waals surface area contributed by atoms with Crippen LogP contribution in [0.2, 0.25) is 0 Å². The molecule has 0 radical (unpaired) electrons. The molecule has 0 aliphatic carbocycles. The monoisotopic (exact) mass is 280 g/mol. The van der Waals surface area contributed by atoms with Crippen molar-refractivity contribution in [1.29, 1.82) is 0 Å². The predicted octanol–water partition coefficient (Wildman–Crippen LogP) is 3.88. The van der Waals surface area contributed by atoms with E-state index in [1.165, 1.54) is 17.5 Å². The molecule has 1 aromatic heterocycles. The molecule has 0 fully saturated rings. The fraction of sp³-hybridized carbons (Fsp3) is 0.167. The molecule has 0 bridgehead atoms. The van der Waals surface area contributed by atoms with Gasteiger partial charge in [-0.25, -0.2) is 4.39 Å². The van der Waals surface area contributed by atoms with Gasteiger partial charge < -0.3 is 5.32 Å². The van der Waals surface area contributed by atoms with Gasteiger partial charge in [0.2, 0.25) is 0 Å². The van der Waals surface area contributed by atoms with E-state index in [-0.39, 0.29) is 11.9 Å². The SMILES string of the molecule is CNC(Cc1ccc(F)cc1)c1nccc2ccccc12. The number of hydrogen-bond acceptors (Lipinski definition) is 2. The highest BCUT2D eigenvalue weighted by molar-refractivity contribution is 5.84. The van der Waals surface area contributed by atoms with E-state index in [2.05, 4.69) is 22.4 Å². The third-order valence-corrected chi connectivity index (χ3v) is 3.74. The Hall–Kier alpha value is -2.26. The minimum Gasteiger partial charge on any atom is -0.311 e. The van der Waals surface area contributed by atoms with Gasteiger partial charge >= 0.3 is 0 Å². The molecule has 3 heteroatoms. The Labute approximate surface area is 123 Å². The Morgan fingerprint density at radius 2 is 1.81 bits per heavy atom. The van der Waals surface area contributed by atoms with Crippen LogP contribution in [-0.4, -0.2) is 12.0 Å². The molecule has 21 heavy (non-hydrogen) atoms. The summed E-state index contributed by atoms with van der Waals surface area (Å²) in [4.78, 5) is 4.56. The summed E-state index contributed by atoms with van der Waals surface area (Å²) in [6, 6.07) is 17.0. The van der Waals surface area contributed by atoms with Gasteiger partial charge in [-0.15, -0.1) is 0 Å². The van der Waals surface area contributed by atoms with E-state index >= 15 is 0 Å². The standard InChI is InChI=1S/C18H17FN2/c1-20-17(12-13-6-8-15(19)9-7-13)18-16-5-3-2-4-14(16)10-11-21-18/h2-11,17,20H,12H2,1H3. The first-order valence-electron chi connectivity index (χ1n) is 7.03. The highest BCUT2D eigenvalue weighted by atomic mass is 19.1. The van der Waals surface area contributed by atoms with Crippen LogP contribution in [0.1, 0.15) is 17.3 Å². The zero-order valence-electron chi connectivity index (χ0n) is 11.9. The van der Waals surface area contributed by atoms with Crippen LogP contribution < -0.4 is 5.32 Å². The van der Waals surface area contributed by atoms with Gasteiger partial charge in [-0.3, -0.25) is 4.98 Å². The number of nitrogens with one attached hydrogen (secondary N) is 1. The minimum atomic E-state index is -0.206. The van der Waals surface area contributed by atoms with E-state index in [1.807, 2.05) is 43.6 Å². The van der Waals surface area contributed by atoms with Gasteiger partial charge in [0.05, 0.1) is 11.7 Å². The molecule has 1 heterocycles. The lowest BCUT2D eigenvalue weighted by molar-refractivity contribution is 0.578. The third kappa shape index (κ3) is 2.93. The van der Waals surface area contributed by atoms with Crippen molar-refractivity contribution in [1.82, 2.24) is 10.3 Å². The van der Waals surface area contributed by atoms with Crippen LogP contribution in [0.15, 0.2) is 60.8 Å². The number of halogens is 1. The molecular weight excluding hydrogens is 263 g/mol. The summed E-state index contributed by atoms with van der Waals surface area (Å²) in [5, 5.41) is 5.65. The molecule has 0 saturated carbocycles. The second kappa shape index (κ2) is 6.02. The summed E-state index contributed by atoms with van der Waals surface area (Å²) in [5.41, 5.74) is 2.12. The number of pyridine rings is 1. The smallest absolute Gasteiger partial charge is 0.123 e. The first-order valence-corrected chi connectivity index (χ1v) is 7.03. The maximum absolute atomic E-state index is 13.0. The van der Waals surface area contributed by atoms with E-state index in [0.717, 1.165) is 23.1 Å². The van der Waals surface area contributed by atoms with E-state index in [1.54, 1.807) is 0 Å². The minimum absolute atomic E-state index is 0.0987. The molecule has 1 N–H and O–H groups in total. The molecule has 0 aliphatic heterocycles. The number of nitrogens with zero attached hydrogens (tertiary/aromatic N) is 1. The lowest BCUT2D eigenvalue weighted by atomic mass is 9.99. The Morgan fingerprint density at radius 1 is 1.05 bits per heavy atom. The van der Waals surface area contributed by atoms with E-state index in [0.29, 0.717) is 0 Å². The zero-order valence-corrected chi connectivity index (χ0v) is 11.9. The van der Waals surface area contributed by atoms with Crippen LogP contribution in [0.4, 0.5) is 4.39 Å². The second-order valence-corrected chi connectivity index (χ2v) is 5.09. The molecule has 0 amide bonds. The van der Waals surface area contributed by atoms with Gasteiger partial charge in [-0.2, -0.15) is 0 Å². The summed E-state index contributed by atoms with van der Waals surface area (Å²) in [5.74, 6) is -0.206. The van der Waals surface area contributed by atoms with E-state index in [9.17, 15) is 4.39 Å². The number of benzene rings is 2. The van der Waals surface area contributed by atoms with Crippen molar-refractivity contribution < 1.29 is 4.39 Å². The first-order chi connectivity index (χ1) is 10.3. The van der Waals surface area contributed by atoms with Crippen LogP contribution in [0, 0.1) is 5.82 Å². The molecule has 0 spiro atoms. The maximum atomic E-state index is 13.0. The fourth-order valence-corrected chi connectivity index (χ4v) is 2.61. The average molecular weight is 280 g/mol. The van der Waals surface area contributed by atoms with E-state index < -0.39 is 0 Å². The maximum Gasteiger partial charge on any atom is 0.123 e. The summed E-state index contributed by atoms with van der Waals surface area (Å²) in [6.07, 6.45) is 2.62. The van der Waals surface area contributed by atoms with Crippen LogP contribution in [-0.2, 0) is 6.42 Å². The highest BCUT2D eigenvalue weighted by Gasteiger charge is 2.14. The topological polar surface area (TPSA) is 24.9 Å².